The first-order valence-electron chi connectivity index (χ1n) is 27.7. The van der Waals surface area contributed by atoms with Gasteiger partial charge >= 0.3 is 17.9 Å². The molecule has 69 heavy (non-hydrogen) atoms. The van der Waals surface area contributed by atoms with Crippen LogP contribution in [0.15, 0.2) is 134 Å². The minimum atomic E-state index is -0.828. The van der Waals surface area contributed by atoms with Gasteiger partial charge in [-0.3, -0.25) is 14.4 Å². The van der Waals surface area contributed by atoms with Gasteiger partial charge in [-0.05, 0) is 135 Å². The fourth-order valence-electron chi connectivity index (χ4n) is 6.96. The first kappa shape index (κ1) is 64.5. The molecule has 0 aromatic carbocycles. The maximum atomic E-state index is 12.8. The third-order valence-electron chi connectivity index (χ3n) is 11.1. The zero-order valence-corrected chi connectivity index (χ0v) is 44.3. The van der Waals surface area contributed by atoms with Gasteiger partial charge in [0.25, 0.3) is 0 Å². The van der Waals surface area contributed by atoms with E-state index in [2.05, 4.69) is 154 Å². The van der Waals surface area contributed by atoms with Crippen LogP contribution < -0.4 is 0 Å². The summed E-state index contributed by atoms with van der Waals surface area (Å²) < 4.78 is 16.8. The Labute approximate surface area is 424 Å². The van der Waals surface area contributed by atoms with E-state index in [1.165, 1.54) is 51.4 Å². The Kier molecular flexibility index (Phi) is 52.5. The van der Waals surface area contributed by atoms with Crippen LogP contribution in [0.1, 0.15) is 226 Å². The van der Waals surface area contributed by atoms with Crippen LogP contribution in [0.25, 0.3) is 0 Å². The highest BCUT2D eigenvalue weighted by molar-refractivity contribution is 5.71. The van der Waals surface area contributed by atoms with Crippen molar-refractivity contribution in [3.63, 3.8) is 0 Å². The molecule has 0 aliphatic rings. The Bertz CT molecular complexity index is 1510. The predicted octanol–water partition coefficient (Wildman–Crippen LogP) is 18.6. The number of allylic oxidation sites excluding steroid dienone is 22. The highest BCUT2D eigenvalue weighted by Crippen LogP contribution is 2.12. The normalized spacial score (nSPS) is 13.1. The summed E-state index contributed by atoms with van der Waals surface area (Å²) >= 11 is 0. The van der Waals surface area contributed by atoms with Gasteiger partial charge in [0.05, 0.1) is 0 Å². The van der Waals surface area contributed by atoms with E-state index in [0.717, 1.165) is 128 Å². The molecule has 0 saturated carbocycles. The maximum Gasteiger partial charge on any atom is 0.306 e. The smallest absolute Gasteiger partial charge is 0.306 e. The minimum Gasteiger partial charge on any atom is -0.462 e. The van der Waals surface area contributed by atoms with Crippen LogP contribution in [0.4, 0.5) is 0 Å². The molecule has 6 heteroatoms. The van der Waals surface area contributed by atoms with E-state index >= 15 is 0 Å². The average Bonchev–Trinajstić information content (AvgIpc) is 3.35. The molecule has 0 spiro atoms. The molecule has 0 heterocycles. The lowest BCUT2D eigenvalue weighted by molar-refractivity contribution is -0.167. The van der Waals surface area contributed by atoms with Gasteiger partial charge in [0.1, 0.15) is 13.2 Å². The number of ether oxygens (including phenoxy) is 3. The van der Waals surface area contributed by atoms with E-state index in [-0.39, 0.29) is 44.0 Å². The van der Waals surface area contributed by atoms with Crippen LogP contribution in [0.5, 0.6) is 0 Å². The van der Waals surface area contributed by atoms with E-state index in [4.69, 9.17) is 14.2 Å². The second-order valence-corrected chi connectivity index (χ2v) is 17.7. The fraction of sp³-hybridized carbons (Fsp3) is 0.603. The molecule has 1 atom stereocenters. The molecule has 0 unspecified atom stereocenters. The van der Waals surface area contributed by atoms with Crippen molar-refractivity contribution in [2.75, 3.05) is 13.2 Å². The van der Waals surface area contributed by atoms with Crippen molar-refractivity contribution < 1.29 is 28.6 Å². The quantitative estimate of drug-likeness (QED) is 0.0262. The van der Waals surface area contributed by atoms with Crippen molar-refractivity contribution in [1.82, 2.24) is 0 Å². The van der Waals surface area contributed by atoms with Crippen LogP contribution in [0.2, 0.25) is 0 Å². The molecule has 0 aromatic heterocycles. The van der Waals surface area contributed by atoms with Gasteiger partial charge in [0, 0.05) is 19.3 Å². The number of unbranched alkanes of at least 4 members (excludes halogenated alkanes) is 15. The number of carbonyl (C=O) groups excluding carboxylic acids is 3. The third-order valence-corrected chi connectivity index (χ3v) is 11.1. The summed E-state index contributed by atoms with van der Waals surface area (Å²) in [5.41, 5.74) is 0. The molecule has 388 valence electrons. The molecule has 0 fully saturated rings. The van der Waals surface area contributed by atoms with Gasteiger partial charge in [0.2, 0.25) is 0 Å². The average molecular weight is 953 g/mol. The Morgan fingerprint density at radius 3 is 0.957 bits per heavy atom. The first-order chi connectivity index (χ1) is 34.0. The van der Waals surface area contributed by atoms with Crippen molar-refractivity contribution in [2.45, 2.75) is 232 Å². The zero-order valence-electron chi connectivity index (χ0n) is 44.3. The van der Waals surface area contributed by atoms with Crippen LogP contribution in [0, 0.1) is 0 Å². The second-order valence-electron chi connectivity index (χ2n) is 17.7. The standard InChI is InChI=1S/C63H100O6/c1-4-7-10-13-16-19-22-25-28-30-31-33-36-38-41-44-47-50-53-56-62(65)68-59-60(69-63(66)57-54-51-48-45-42-39-34-27-24-21-18-15-12-9-6-3)58-67-61(64)55-52-49-46-43-40-37-35-32-29-26-23-20-17-14-11-8-5-2/h9,12,16-21,25-29,31,33-35,37-38,41,43,46,60H,4-8,10-11,13-15,22-24,30,32,36,39-40,42,44-45,47-59H2,1-3H3/b12-9-,19-16-,20-17-,21-18-,28-25-,29-26-,33-31-,34-27-,37-35-,41-38-,46-43-/t60-/m0/s1. The monoisotopic (exact) mass is 953 g/mol. The van der Waals surface area contributed by atoms with Crippen LogP contribution in [-0.2, 0) is 28.6 Å². The fourth-order valence-corrected chi connectivity index (χ4v) is 6.96. The molecule has 0 aliphatic carbocycles. The minimum absolute atomic E-state index is 0.124. The molecular weight excluding hydrogens is 853 g/mol. The molecule has 0 N–H and O–H groups in total. The molecule has 0 aliphatic heterocycles. The summed E-state index contributed by atoms with van der Waals surface area (Å²) in [5, 5.41) is 0. The number of hydrogen-bond acceptors (Lipinski definition) is 6. The van der Waals surface area contributed by atoms with Crippen LogP contribution >= 0.6 is 0 Å². The van der Waals surface area contributed by atoms with E-state index in [9.17, 15) is 14.4 Å². The maximum absolute atomic E-state index is 12.8. The number of hydrogen-bond donors (Lipinski definition) is 0. The van der Waals surface area contributed by atoms with E-state index in [0.29, 0.717) is 12.8 Å². The molecule has 0 saturated heterocycles. The molecular formula is C63H100O6. The summed E-state index contributed by atoms with van der Waals surface area (Å²) in [6.45, 7) is 6.37. The summed E-state index contributed by atoms with van der Waals surface area (Å²) in [6.07, 6.45) is 78.7. The number of carbonyl (C=O) groups is 3. The van der Waals surface area contributed by atoms with Crippen LogP contribution in [0.3, 0.4) is 0 Å². The highest BCUT2D eigenvalue weighted by atomic mass is 16.6. The number of esters is 3. The lowest BCUT2D eigenvalue weighted by atomic mass is 10.1. The van der Waals surface area contributed by atoms with Crippen LogP contribution in [-0.4, -0.2) is 37.2 Å². The van der Waals surface area contributed by atoms with Crippen molar-refractivity contribution in [1.29, 1.82) is 0 Å². The van der Waals surface area contributed by atoms with E-state index < -0.39 is 6.10 Å². The predicted molar refractivity (Wildman–Crippen MR) is 297 cm³/mol. The van der Waals surface area contributed by atoms with Crippen molar-refractivity contribution in [3.05, 3.63) is 134 Å². The molecule has 6 nitrogen and oxygen atoms in total. The Morgan fingerprint density at radius 2 is 0.580 bits per heavy atom. The van der Waals surface area contributed by atoms with Gasteiger partial charge in [-0.15, -0.1) is 0 Å². The molecule has 0 aromatic rings. The summed E-state index contributed by atoms with van der Waals surface area (Å²) in [7, 11) is 0. The second kappa shape index (κ2) is 56.1. The van der Waals surface area contributed by atoms with Crippen molar-refractivity contribution in [2.24, 2.45) is 0 Å². The summed E-state index contributed by atoms with van der Waals surface area (Å²) in [5.74, 6) is -1.03. The van der Waals surface area contributed by atoms with E-state index in [1.807, 2.05) is 0 Å². The third kappa shape index (κ3) is 54.4. The zero-order chi connectivity index (χ0) is 50.0. The lowest BCUT2D eigenvalue weighted by Gasteiger charge is -2.18. The van der Waals surface area contributed by atoms with Gasteiger partial charge in [-0.2, -0.15) is 0 Å². The van der Waals surface area contributed by atoms with Gasteiger partial charge in [0.15, 0.2) is 6.10 Å². The lowest BCUT2D eigenvalue weighted by Crippen LogP contribution is -2.30. The van der Waals surface area contributed by atoms with Gasteiger partial charge in [-0.25, -0.2) is 0 Å². The Balaban J connectivity index is 4.58. The molecule has 0 amide bonds. The summed E-state index contributed by atoms with van der Waals surface area (Å²) in [6, 6.07) is 0. The Hall–Kier alpha value is -4.45. The molecule has 0 bridgehead atoms. The topological polar surface area (TPSA) is 78.9 Å². The number of rotatable bonds is 48. The van der Waals surface area contributed by atoms with Gasteiger partial charge in [-0.1, -0.05) is 206 Å². The van der Waals surface area contributed by atoms with Gasteiger partial charge < -0.3 is 14.2 Å². The highest BCUT2D eigenvalue weighted by Gasteiger charge is 2.19. The Morgan fingerprint density at radius 1 is 0.304 bits per heavy atom. The molecule has 0 radical (unpaired) electrons. The van der Waals surface area contributed by atoms with Crippen molar-refractivity contribution >= 4 is 17.9 Å². The summed E-state index contributed by atoms with van der Waals surface area (Å²) in [4.78, 5) is 38.1. The SMILES string of the molecule is CC/C=C\C/C=C\C/C=C\CCCCCCCC(=O)O[C@@H](COC(=O)CCC/C=C\C/C=C\C/C=C\C/C=C\CCCCC)COC(=O)CCCCC/C=C\C/C=C\C/C=C\C/C=C\CCCCC. The molecule has 0 rings (SSSR count). The first-order valence-corrected chi connectivity index (χ1v) is 27.7. The van der Waals surface area contributed by atoms with E-state index in [1.54, 1.807) is 0 Å². The van der Waals surface area contributed by atoms with Crippen molar-refractivity contribution in [3.8, 4) is 0 Å². The largest absolute Gasteiger partial charge is 0.462 e.